The Hall–Kier alpha value is -2.55. The van der Waals surface area contributed by atoms with Gasteiger partial charge in [-0.3, -0.25) is 4.79 Å². The molecule has 0 aliphatic heterocycles. The van der Waals surface area contributed by atoms with Crippen molar-refractivity contribution in [3.05, 3.63) is 71.9 Å². The largest absolute Gasteiger partial charge is 0.361 e. The first kappa shape index (κ1) is 11.5. The fourth-order valence-electron chi connectivity index (χ4n) is 2.15. The van der Waals surface area contributed by atoms with E-state index in [4.69, 9.17) is 0 Å². The van der Waals surface area contributed by atoms with Crippen molar-refractivity contribution in [2.24, 2.45) is 0 Å². The van der Waals surface area contributed by atoms with Crippen LogP contribution in [0.3, 0.4) is 0 Å². The Morgan fingerprint density at radius 2 is 1.84 bits per heavy atom. The SMILES string of the molecule is O=C(NCc1ccccc1)c1cccc2cc[nH]c12. The highest BCUT2D eigenvalue weighted by Crippen LogP contribution is 2.16. The number of hydrogen-bond donors (Lipinski definition) is 2. The Labute approximate surface area is 111 Å². The van der Waals surface area contributed by atoms with Gasteiger partial charge in [-0.2, -0.15) is 0 Å². The number of aromatic nitrogens is 1. The maximum Gasteiger partial charge on any atom is 0.253 e. The van der Waals surface area contributed by atoms with E-state index in [2.05, 4.69) is 10.3 Å². The molecule has 2 N–H and O–H groups in total. The Balaban J connectivity index is 1.79. The lowest BCUT2D eigenvalue weighted by Gasteiger charge is -2.06. The lowest BCUT2D eigenvalue weighted by molar-refractivity contribution is 0.0952. The smallest absolute Gasteiger partial charge is 0.253 e. The predicted molar refractivity (Wildman–Crippen MR) is 75.9 cm³/mol. The Morgan fingerprint density at radius 3 is 2.68 bits per heavy atom. The summed E-state index contributed by atoms with van der Waals surface area (Å²) >= 11 is 0. The van der Waals surface area contributed by atoms with Gasteiger partial charge in [0.25, 0.3) is 5.91 Å². The highest BCUT2D eigenvalue weighted by molar-refractivity contribution is 6.05. The first-order valence-electron chi connectivity index (χ1n) is 6.23. The molecule has 0 spiro atoms. The molecule has 0 fully saturated rings. The number of rotatable bonds is 3. The number of amides is 1. The zero-order valence-electron chi connectivity index (χ0n) is 10.4. The average molecular weight is 250 g/mol. The van der Waals surface area contributed by atoms with E-state index in [-0.39, 0.29) is 5.91 Å². The molecule has 0 unspecified atom stereocenters. The summed E-state index contributed by atoms with van der Waals surface area (Å²) in [5.74, 6) is -0.0584. The molecule has 0 saturated heterocycles. The van der Waals surface area contributed by atoms with Crippen LogP contribution in [0.4, 0.5) is 0 Å². The third kappa shape index (κ3) is 2.36. The number of H-pyrrole nitrogens is 1. The van der Waals surface area contributed by atoms with Crippen LogP contribution in [-0.2, 0) is 6.54 Å². The number of carbonyl (C=O) groups excluding carboxylic acids is 1. The van der Waals surface area contributed by atoms with Crippen molar-refractivity contribution < 1.29 is 4.79 Å². The van der Waals surface area contributed by atoms with Gasteiger partial charge in [-0.05, 0) is 17.7 Å². The molecule has 0 aliphatic rings. The van der Waals surface area contributed by atoms with Gasteiger partial charge in [0.1, 0.15) is 0 Å². The van der Waals surface area contributed by atoms with E-state index in [0.717, 1.165) is 16.5 Å². The summed E-state index contributed by atoms with van der Waals surface area (Å²) in [5, 5.41) is 3.99. The van der Waals surface area contributed by atoms with Gasteiger partial charge in [-0.15, -0.1) is 0 Å². The number of benzene rings is 2. The Kier molecular flexibility index (Phi) is 3.02. The van der Waals surface area contributed by atoms with Gasteiger partial charge >= 0.3 is 0 Å². The van der Waals surface area contributed by atoms with Crippen LogP contribution >= 0.6 is 0 Å². The predicted octanol–water partition coefficient (Wildman–Crippen LogP) is 3.10. The van der Waals surface area contributed by atoms with E-state index in [0.29, 0.717) is 12.1 Å². The van der Waals surface area contributed by atoms with E-state index >= 15 is 0 Å². The van der Waals surface area contributed by atoms with Crippen LogP contribution in [-0.4, -0.2) is 10.9 Å². The monoisotopic (exact) mass is 250 g/mol. The van der Waals surface area contributed by atoms with E-state index < -0.39 is 0 Å². The van der Waals surface area contributed by atoms with Crippen molar-refractivity contribution >= 4 is 16.8 Å². The molecule has 2 aromatic carbocycles. The quantitative estimate of drug-likeness (QED) is 0.737. The van der Waals surface area contributed by atoms with Crippen LogP contribution in [0.5, 0.6) is 0 Å². The average Bonchev–Trinajstić information content (AvgIpc) is 2.94. The number of para-hydroxylation sites is 1. The third-order valence-electron chi connectivity index (χ3n) is 3.13. The fourth-order valence-corrected chi connectivity index (χ4v) is 2.15. The van der Waals surface area contributed by atoms with Crippen molar-refractivity contribution in [3.8, 4) is 0 Å². The molecule has 0 saturated carbocycles. The summed E-state index contributed by atoms with van der Waals surface area (Å²) in [5.41, 5.74) is 2.65. The van der Waals surface area contributed by atoms with Crippen molar-refractivity contribution in [1.82, 2.24) is 10.3 Å². The standard InChI is InChI=1S/C16H14N2O/c19-16(18-11-12-5-2-1-3-6-12)14-8-4-7-13-9-10-17-15(13)14/h1-10,17H,11H2,(H,18,19). The maximum atomic E-state index is 12.2. The zero-order chi connectivity index (χ0) is 13.1. The third-order valence-corrected chi connectivity index (χ3v) is 3.13. The van der Waals surface area contributed by atoms with E-state index in [9.17, 15) is 4.79 Å². The maximum absolute atomic E-state index is 12.2. The lowest BCUT2D eigenvalue weighted by atomic mass is 10.1. The molecule has 3 rings (SSSR count). The van der Waals surface area contributed by atoms with Gasteiger partial charge in [-0.1, -0.05) is 42.5 Å². The molecule has 94 valence electrons. The molecule has 0 atom stereocenters. The normalized spacial score (nSPS) is 10.5. The van der Waals surface area contributed by atoms with Gasteiger partial charge in [0, 0.05) is 18.1 Å². The molecule has 0 aliphatic carbocycles. The molecule has 19 heavy (non-hydrogen) atoms. The van der Waals surface area contributed by atoms with Gasteiger partial charge in [0.05, 0.1) is 11.1 Å². The molecule has 0 bridgehead atoms. The van der Waals surface area contributed by atoms with Crippen LogP contribution in [0.2, 0.25) is 0 Å². The zero-order valence-corrected chi connectivity index (χ0v) is 10.4. The van der Waals surface area contributed by atoms with Crippen molar-refractivity contribution in [2.75, 3.05) is 0 Å². The van der Waals surface area contributed by atoms with Crippen molar-refractivity contribution in [1.29, 1.82) is 0 Å². The minimum atomic E-state index is -0.0584. The summed E-state index contributed by atoms with van der Waals surface area (Å²) in [4.78, 5) is 15.3. The van der Waals surface area contributed by atoms with E-state index in [1.807, 2.05) is 60.8 Å². The van der Waals surface area contributed by atoms with Crippen LogP contribution in [0.25, 0.3) is 10.9 Å². The van der Waals surface area contributed by atoms with E-state index in [1.54, 1.807) is 0 Å². The number of hydrogen-bond acceptors (Lipinski definition) is 1. The molecular weight excluding hydrogens is 236 g/mol. The van der Waals surface area contributed by atoms with Gasteiger partial charge in [-0.25, -0.2) is 0 Å². The Morgan fingerprint density at radius 1 is 1.00 bits per heavy atom. The lowest BCUT2D eigenvalue weighted by Crippen LogP contribution is -2.23. The van der Waals surface area contributed by atoms with Gasteiger partial charge < -0.3 is 10.3 Å². The second-order valence-corrected chi connectivity index (χ2v) is 4.42. The minimum absolute atomic E-state index is 0.0584. The molecule has 3 nitrogen and oxygen atoms in total. The van der Waals surface area contributed by atoms with Crippen LogP contribution in [0, 0.1) is 0 Å². The summed E-state index contributed by atoms with van der Waals surface area (Å²) in [6.45, 7) is 0.538. The van der Waals surface area contributed by atoms with Crippen LogP contribution < -0.4 is 5.32 Å². The molecule has 1 amide bonds. The Bertz CT molecular complexity index is 701. The number of aromatic amines is 1. The molecular formula is C16H14N2O. The molecule has 1 aromatic heterocycles. The summed E-state index contributed by atoms with van der Waals surface area (Å²) in [6.07, 6.45) is 1.85. The number of carbonyl (C=O) groups is 1. The van der Waals surface area contributed by atoms with Crippen LogP contribution in [0.15, 0.2) is 60.8 Å². The second kappa shape index (κ2) is 4.98. The number of nitrogens with one attached hydrogen (secondary N) is 2. The fraction of sp³-hybridized carbons (Fsp3) is 0.0625. The minimum Gasteiger partial charge on any atom is -0.361 e. The summed E-state index contributed by atoms with van der Waals surface area (Å²) in [7, 11) is 0. The summed E-state index contributed by atoms with van der Waals surface area (Å²) in [6, 6.07) is 17.6. The molecule has 3 aromatic rings. The number of fused-ring (bicyclic) bond motifs is 1. The van der Waals surface area contributed by atoms with Gasteiger partial charge in [0.2, 0.25) is 0 Å². The first-order chi connectivity index (χ1) is 9.34. The topological polar surface area (TPSA) is 44.9 Å². The van der Waals surface area contributed by atoms with Gasteiger partial charge in [0.15, 0.2) is 0 Å². The first-order valence-corrected chi connectivity index (χ1v) is 6.23. The summed E-state index contributed by atoms with van der Waals surface area (Å²) < 4.78 is 0. The van der Waals surface area contributed by atoms with Crippen LogP contribution in [0.1, 0.15) is 15.9 Å². The molecule has 3 heteroatoms. The highest BCUT2D eigenvalue weighted by Gasteiger charge is 2.09. The second-order valence-electron chi connectivity index (χ2n) is 4.42. The molecule has 1 heterocycles. The molecule has 0 radical (unpaired) electrons. The van der Waals surface area contributed by atoms with E-state index in [1.165, 1.54) is 0 Å². The van der Waals surface area contributed by atoms with Crippen molar-refractivity contribution in [2.45, 2.75) is 6.54 Å². The van der Waals surface area contributed by atoms with Crippen molar-refractivity contribution in [3.63, 3.8) is 0 Å². The highest BCUT2D eigenvalue weighted by atomic mass is 16.1.